The number of amides is 2. The molecule has 2 unspecified atom stereocenters. The SMILES string of the molecule is CCC(C)C(N)C(=O)Nc1ccc(Cl)c(C(=O)NC2CC2)c1. The smallest absolute Gasteiger partial charge is 0.253 e. The molecule has 22 heavy (non-hydrogen) atoms. The molecule has 120 valence electrons. The molecule has 0 bridgehead atoms. The van der Waals surface area contributed by atoms with Crippen LogP contribution in [0, 0.1) is 5.92 Å². The van der Waals surface area contributed by atoms with Gasteiger partial charge in [0.1, 0.15) is 0 Å². The number of halogens is 1. The lowest BCUT2D eigenvalue weighted by Crippen LogP contribution is -2.40. The van der Waals surface area contributed by atoms with E-state index in [1.807, 2.05) is 13.8 Å². The van der Waals surface area contributed by atoms with Crippen LogP contribution in [0.3, 0.4) is 0 Å². The van der Waals surface area contributed by atoms with Crippen LogP contribution in [0.1, 0.15) is 43.5 Å². The van der Waals surface area contributed by atoms with Gasteiger partial charge in [-0.25, -0.2) is 0 Å². The highest BCUT2D eigenvalue weighted by molar-refractivity contribution is 6.34. The maximum Gasteiger partial charge on any atom is 0.253 e. The van der Waals surface area contributed by atoms with E-state index in [4.69, 9.17) is 17.3 Å². The third kappa shape index (κ3) is 4.21. The fraction of sp³-hybridized carbons (Fsp3) is 0.500. The maximum atomic E-state index is 12.1. The first-order valence-electron chi connectivity index (χ1n) is 7.59. The molecule has 0 aromatic heterocycles. The van der Waals surface area contributed by atoms with E-state index in [1.54, 1.807) is 18.2 Å². The largest absolute Gasteiger partial charge is 0.349 e. The lowest BCUT2D eigenvalue weighted by atomic mass is 9.99. The molecule has 0 heterocycles. The third-order valence-corrected chi connectivity index (χ3v) is 4.28. The minimum atomic E-state index is -0.579. The molecule has 2 atom stereocenters. The molecule has 6 heteroatoms. The van der Waals surface area contributed by atoms with Gasteiger partial charge in [0.15, 0.2) is 0 Å². The van der Waals surface area contributed by atoms with E-state index in [2.05, 4.69) is 10.6 Å². The average molecular weight is 324 g/mol. The van der Waals surface area contributed by atoms with Crippen molar-refractivity contribution in [2.75, 3.05) is 5.32 Å². The molecule has 1 aromatic rings. The van der Waals surface area contributed by atoms with Crippen LogP contribution < -0.4 is 16.4 Å². The number of hydrogen-bond donors (Lipinski definition) is 3. The highest BCUT2D eigenvalue weighted by Crippen LogP contribution is 2.24. The van der Waals surface area contributed by atoms with Gasteiger partial charge in [0, 0.05) is 11.7 Å². The van der Waals surface area contributed by atoms with Crippen LogP contribution in [0.2, 0.25) is 5.02 Å². The average Bonchev–Trinajstić information content (AvgIpc) is 3.31. The van der Waals surface area contributed by atoms with Gasteiger partial charge >= 0.3 is 0 Å². The van der Waals surface area contributed by atoms with Crippen molar-refractivity contribution in [1.29, 1.82) is 0 Å². The maximum absolute atomic E-state index is 12.1. The van der Waals surface area contributed by atoms with E-state index in [0.717, 1.165) is 19.3 Å². The molecule has 1 aliphatic carbocycles. The zero-order valence-corrected chi connectivity index (χ0v) is 13.6. The normalized spacial score (nSPS) is 16.7. The number of rotatable bonds is 6. The first-order valence-corrected chi connectivity index (χ1v) is 7.97. The summed E-state index contributed by atoms with van der Waals surface area (Å²) in [6.45, 7) is 3.92. The van der Waals surface area contributed by atoms with Gasteiger partial charge in [0.05, 0.1) is 16.6 Å². The second-order valence-electron chi connectivity index (χ2n) is 5.84. The number of carbonyl (C=O) groups excluding carboxylic acids is 2. The molecule has 2 rings (SSSR count). The third-order valence-electron chi connectivity index (χ3n) is 3.95. The molecule has 4 N–H and O–H groups in total. The molecular formula is C16H22ClN3O2. The Bertz CT molecular complexity index is 573. The van der Waals surface area contributed by atoms with Gasteiger partial charge < -0.3 is 16.4 Å². The van der Waals surface area contributed by atoms with Crippen LogP contribution in [0.15, 0.2) is 18.2 Å². The quantitative estimate of drug-likeness (QED) is 0.752. The minimum Gasteiger partial charge on any atom is -0.349 e. The molecule has 5 nitrogen and oxygen atoms in total. The lowest BCUT2D eigenvalue weighted by Gasteiger charge is -2.18. The lowest BCUT2D eigenvalue weighted by molar-refractivity contribution is -0.118. The van der Waals surface area contributed by atoms with Crippen molar-refractivity contribution in [2.24, 2.45) is 11.7 Å². The summed E-state index contributed by atoms with van der Waals surface area (Å²) in [4.78, 5) is 24.2. The Morgan fingerprint density at radius 2 is 2.09 bits per heavy atom. The number of carbonyl (C=O) groups is 2. The zero-order chi connectivity index (χ0) is 16.3. The van der Waals surface area contributed by atoms with Crippen LogP contribution in [-0.4, -0.2) is 23.9 Å². The fourth-order valence-electron chi connectivity index (χ4n) is 2.01. The van der Waals surface area contributed by atoms with E-state index < -0.39 is 6.04 Å². The molecule has 2 amide bonds. The van der Waals surface area contributed by atoms with Crippen molar-refractivity contribution < 1.29 is 9.59 Å². The minimum absolute atomic E-state index is 0.0879. The van der Waals surface area contributed by atoms with Crippen LogP contribution in [0.5, 0.6) is 0 Å². The van der Waals surface area contributed by atoms with E-state index in [-0.39, 0.29) is 23.8 Å². The van der Waals surface area contributed by atoms with Crippen LogP contribution in [0.4, 0.5) is 5.69 Å². The number of hydrogen-bond acceptors (Lipinski definition) is 3. The first-order chi connectivity index (χ1) is 10.4. The van der Waals surface area contributed by atoms with Gasteiger partial charge in [-0.2, -0.15) is 0 Å². The summed E-state index contributed by atoms with van der Waals surface area (Å²) < 4.78 is 0. The molecule has 0 aliphatic heterocycles. The Hall–Kier alpha value is -1.59. The Morgan fingerprint density at radius 3 is 2.68 bits per heavy atom. The second-order valence-corrected chi connectivity index (χ2v) is 6.25. The molecular weight excluding hydrogens is 302 g/mol. The molecule has 1 aliphatic rings. The van der Waals surface area contributed by atoms with Crippen molar-refractivity contribution in [3.63, 3.8) is 0 Å². The summed E-state index contributed by atoms with van der Waals surface area (Å²) >= 11 is 6.07. The van der Waals surface area contributed by atoms with Crippen LogP contribution in [0.25, 0.3) is 0 Å². The fourth-order valence-corrected chi connectivity index (χ4v) is 2.21. The van der Waals surface area contributed by atoms with Crippen molar-refractivity contribution in [2.45, 2.75) is 45.2 Å². The number of anilines is 1. The predicted molar refractivity (Wildman–Crippen MR) is 88.0 cm³/mol. The van der Waals surface area contributed by atoms with E-state index >= 15 is 0 Å². The summed E-state index contributed by atoms with van der Waals surface area (Å²) in [5, 5.41) is 5.99. The van der Waals surface area contributed by atoms with Crippen LogP contribution in [-0.2, 0) is 4.79 Å². The number of nitrogens with two attached hydrogens (primary N) is 1. The topological polar surface area (TPSA) is 84.2 Å². The molecule has 0 radical (unpaired) electrons. The summed E-state index contributed by atoms with van der Waals surface area (Å²) in [5.74, 6) is -0.384. The van der Waals surface area contributed by atoms with Crippen molar-refractivity contribution in [1.82, 2.24) is 5.32 Å². The van der Waals surface area contributed by atoms with Gasteiger partial charge in [0.2, 0.25) is 5.91 Å². The van der Waals surface area contributed by atoms with Gasteiger partial charge in [-0.15, -0.1) is 0 Å². The molecule has 0 spiro atoms. The summed E-state index contributed by atoms with van der Waals surface area (Å²) in [7, 11) is 0. The number of nitrogens with one attached hydrogen (secondary N) is 2. The highest BCUT2D eigenvalue weighted by Gasteiger charge is 2.25. The first kappa shape index (κ1) is 16.8. The van der Waals surface area contributed by atoms with Crippen LogP contribution >= 0.6 is 11.6 Å². The second kappa shape index (κ2) is 7.11. The van der Waals surface area contributed by atoms with Gasteiger partial charge in [0.25, 0.3) is 5.91 Å². The highest BCUT2D eigenvalue weighted by atomic mass is 35.5. The Morgan fingerprint density at radius 1 is 1.41 bits per heavy atom. The summed E-state index contributed by atoms with van der Waals surface area (Å²) in [5.41, 5.74) is 6.79. The summed E-state index contributed by atoms with van der Waals surface area (Å²) in [6.07, 6.45) is 2.83. The van der Waals surface area contributed by atoms with Crippen molar-refractivity contribution >= 4 is 29.1 Å². The van der Waals surface area contributed by atoms with Gasteiger partial charge in [-0.05, 0) is 37.0 Å². The molecule has 1 saturated carbocycles. The monoisotopic (exact) mass is 323 g/mol. The molecule has 0 saturated heterocycles. The Balaban J connectivity index is 2.08. The summed E-state index contributed by atoms with van der Waals surface area (Å²) in [6, 6.07) is 4.53. The Labute approximate surface area is 135 Å². The van der Waals surface area contributed by atoms with E-state index in [1.165, 1.54) is 0 Å². The standard InChI is InChI=1S/C16H22ClN3O2/c1-3-9(2)14(18)16(22)20-11-6-7-13(17)12(8-11)15(21)19-10-4-5-10/h6-10,14H,3-5,18H2,1-2H3,(H,19,21)(H,20,22). The van der Waals surface area contributed by atoms with E-state index in [0.29, 0.717) is 16.3 Å². The van der Waals surface area contributed by atoms with Crippen molar-refractivity contribution in [3.8, 4) is 0 Å². The number of benzene rings is 1. The molecule has 1 aromatic carbocycles. The molecule has 1 fully saturated rings. The van der Waals surface area contributed by atoms with E-state index in [9.17, 15) is 9.59 Å². The van der Waals surface area contributed by atoms with Crippen molar-refractivity contribution in [3.05, 3.63) is 28.8 Å². The Kier molecular flexibility index (Phi) is 5.42. The predicted octanol–water partition coefficient (Wildman–Crippen LogP) is 2.54. The zero-order valence-electron chi connectivity index (χ0n) is 12.9. The van der Waals surface area contributed by atoms with Gasteiger partial charge in [-0.1, -0.05) is 31.9 Å². The van der Waals surface area contributed by atoms with Gasteiger partial charge in [-0.3, -0.25) is 9.59 Å².